The standard InChI is InChI=1S/C17H29NO2/c1-7-17(5,19-6)16(18-8-2)14-9-11-15(12-10-14)20-13(3)4/h9-13,16,18H,7-8H2,1-6H3. The van der Waals surface area contributed by atoms with Crippen molar-refractivity contribution in [1.29, 1.82) is 0 Å². The second-order valence-corrected chi connectivity index (χ2v) is 5.60. The fourth-order valence-corrected chi connectivity index (χ4v) is 2.37. The van der Waals surface area contributed by atoms with Gasteiger partial charge in [0.2, 0.25) is 0 Å². The molecule has 0 aliphatic carbocycles. The molecule has 114 valence electrons. The maximum atomic E-state index is 5.76. The number of rotatable bonds is 8. The first-order chi connectivity index (χ1) is 9.46. The van der Waals surface area contributed by atoms with E-state index in [9.17, 15) is 0 Å². The Balaban J connectivity index is 2.97. The van der Waals surface area contributed by atoms with Crippen LogP contribution >= 0.6 is 0 Å². The normalized spacial score (nSPS) is 15.9. The molecule has 0 saturated carbocycles. The number of likely N-dealkylation sites (N-methyl/N-ethyl adjacent to an activating group) is 1. The van der Waals surface area contributed by atoms with Gasteiger partial charge in [-0.25, -0.2) is 0 Å². The molecule has 0 radical (unpaired) electrons. The summed E-state index contributed by atoms with van der Waals surface area (Å²) in [5.41, 5.74) is 1.02. The highest BCUT2D eigenvalue weighted by atomic mass is 16.5. The van der Waals surface area contributed by atoms with Gasteiger partial charge in [0, 0.05) is 7.11 Å². The Kier molecular flexibility index (Phi) is 6.50. The summed E-state index contributed by atoms with van der Waals surface area (Å²) in [7, 11) is 1.78. The molecule has 0 bridgehead atoms. The molecular formula is C17H29NO2. The molecule has 1 aromatic rings. The fraction of sp³-hybridized carbons (Fsp3) is 0.647. The molecule has 0 aromatic heterocycles. The van der Waals surface area contributed by atoms with Crippen LogP contribution in [0.2, 0.25) is 0 Å². The molecule has 0 saturated heterocycles. The molecule has 1 N–H and O–H groups in total. The topological polar surface area (TPSA) is 30.5 Å². The Morgan fingerprint density at radius 3 is 2.15 bits per heavy atom. The number of ether oxygens (including phenoxy) is 2. The first kappa shape index (κ1) is 17.0. The summed E-state index contributed by atoms with van der Waals surface area (Å²) in [6.45, 7) is 11.4. The molecule has 3 nitrogen and oxygen atoms in total. The average Bonchev–Trinajstić information content (AvgIpc) is 2.44. The van der Waals surface area contributed by atoms with E-state index in [1.807, 2.05) is 26.0 Å². The number of benzene rings is 1. The smallest absolute Gasteiger partial charge is 0.119 e. The van der Waals surface area contributed by atoms with Crippen molar-refractivity contribution >= 4 is 0 Å². The van der Waals surface area contributed by atoms with E-state index in [0.29, 0.717) is 0 Å². The van der Waals surface area contributed by atoms with Gasteiger partial charge in [-0.15, -0.1) is 0 Å². The van der Waals surface area contributed by atoms with Crippen molar-refractivity contribution < 1.29 is 9.47 Å². The molecular weight excluding hydrogens is 250 g/mol. The van der Waals surface area contributed by atoms with E-state index in [4.69, 9.17) is 9.47 Å². The molecule has 0 aliphatic rings. The lowest BCUT2D eigenvalue weighted by molar-refractivity contribution is -0.0296. The van der Waals surface area contributed by atoms with Gasteiger partial charge in [0.15, 0.2) is 0 Å². The zero-order valence-corrected chi connectivity index (χ0v) is 13.7. The minimum absolute atomic E-state index is 0.176. The van der Waals surface area contributed by atoms with Crippen molar-refractivity contribution in [2.24, 2.45) is 0 Å². The average molecular weight is 279 g/mol. The lowest BCUT2D eigenvalue weighted by Gasteiger charge is -2.36. The zero-order valence-electron chi connectivity index (χ0n) is 13.7. The number of nitrogens with one attached hydrogen (secondary N) is 1. The van der Waals surface area contributed by atoms with Gasteiger partial charge in [0.05, 0.1) is 17.7 Å². The van der Waals surface area contributed by atoms with Crippen LogP contribution in [0.3, 0.4) is 0 Å². The van der Waals surface area contributed by atoms with Crippen LogP contribution in [0.5, 0.6) is 5.75 Å². The number of hydrogen-bond acceptors (Lipinski definition) is 3. The van der Waals surface area contributed by atoms with E-state index < -0.39 is 0 Å². The molecule has 0 aliphatic heterocycles. The lowest BCUT2D eigenvalue weighted by Crippen LogP contribution is -2.42. The summed E-state index contributed by atoms with van der Waals surface area (Å²) < 4.78 is 11.5. The van der Waals surface area contributed by atoms with Crippen LogP contribution in [0.1, 0.15) is 52.6 Å². The summed E-state index contributed by atoms with van der Waals surface area (Å²) in [5.74, 6) is 0.912. The molecule has 0 heterocycles. The lowest BCUT2D eigenvalue weighted by atomic mass is 9.87. The van der Waals surface area contributed by atoms with Crippen LogP contribution in [0.25, 0.3) is 0 Å². The monoisotopic (exact) mass is 279 g/mol. The van der Waals surface area contributed by atoms with E-state index in [1.54, 1.807) is 7.11 Å². The Labute approximate surface area is 123 Å². The third kappa shape index (κ3) is 4.22. The summed E-state index contributed by atoms with van der Waals surface area (Å²) >= 11 is 0. The fourth-order valence-electron chi connectivity index (χ4n) is 2.37. The van der Waals surface area contributed by atoms with Gasteiger partial charge < -0.3 is 14.8 Å². The SMILES string of the molecule is CCNC(c1ccc(OC(C)C)cc1)C(C)(CC)OC. The van der Waals surface area contributed by atoms with Crippen molar-refractivity contribution in [3.63, 3.8) is 0 Å². The van der Waals surface area contributed by atoms with Gasteiger partial charge in [-0.05, 0) is 51.4 Å². The maximum Gasteiger partial charge on any atom is 0.119 e. The highest BCUT2D eigenvalue weighted by Gasteiger charge is 2.33. The minimum atomic E-state index is -0.212. The van der Waals surface area contributed by atoms with Gasteiger partial charge in [-0.3, -0.25) is 0 Å². The molecule has 1 aromatic carbocycles. The molecule has 0 spiro atoms. The van der Waals surface area contributed by atoms with E-state index >= 15 is 0 Å². The number of methoxy groups -OCH3 is 1. The molecule has 2 atom stereocenters. The first-order valence-corrected chi connectivity index (χ1v) is 7.52. The molecule has 20 heavy (non-hydrogen) atoms. The molecule has 1 rings (SSSR count). The van der Waals surface area contributed by atoms with Gasteiger partial charge in [-0.1, -0.05) is 26.0 Å². The first-order valence-electron chi connectivity index (χ1n) is 7.52. The van der Waals surface area contributed by atoms with E-state index in [0.717, 1.165) is 18.7 Å². The second-order valence-electron chi connectivity index (χ2n) is 5.60. The Morgan fingerprint density at radius 1 is 1.15 bits per heavy atom. The molecule has 3 heteroatoms. The summed E-state index contributed by atoms with van der Waals surface area (Å²) in [5, 5.41) is 3.54. The Bertz CT molecular complexity index is 382. The maximum absolute atomic E-state index is 5.76. The molecule has 0 fully saturated rings. The van der Waals surface area contributed by atoms with Crippen molar-refractivity contribution in [2.45, 2.75) is 58.8 Å². The van der Waals surface area contributed by atoms with Crippen molar-refractivity contribution in [1.82, 2.24) is 5.32 Å². The highest BCUT2D eigenvalue weighted by molar-refractivity contribution is 5.30. The minimum Gasteiger partial charge on any atom is -0.491 e. The predicted octanol–water partition coefficient (Wildman–Crippen LogP) is 3.94. The van der Waals surface area contributed by atoms with Crippen LogP contribution in [0, 0.1) is 0 Å². The summed E-state index contributed by atoms with van der Waals surface area (Å²) in [6, 6.07) is 8.49. The van der Waals surface area contributed by atoms with Crippen LogP contribution in [-0.2, 0) is 4.74 Å². The van der Waals surface area contributed by atoms with Crippen molar-refractivity contribution in [3.8, 4) is 5.75 Å². The van der Waals surface area contributed by atoms with Gasteiger partial charge >= 0.3 is 0 Å². The highest BCUT2D eigenvalue weighted by Crippen LogP contribution is 2.32. The summed E-state index contributed by atoms with van der Waals surface area (Å²) in [6.07, 6.45) is 1.15. The van der Waals surface area contributed by atoms with Crippen LogP contribution in [-0.4, -0.2) is 25.4 Å². The number of hydrogen-bond donors (Lipinski definition) is 1. The Hall–Kier alpha value is -1.06. The van der Waals surface area contributed by atoms with Gasteiger partial charge in [-0.2, -0.15) is 0 Å². The Morgan fingerprint density at radius 2 is 1.75 bits per heavy atom. The van der Waals surface area contributed by atoms with E-state index in [1.165, 1.54) is 5.56 Å². The second kappa shape index (κ2) is 7.65. The van der Waals surface area contributed by atoms with E-state index in [-0.39, 0.29) is 17.7 Å². The molecule has 2 unspecified atom stereocenters. The van der Waals surface area contributed by atoms with Gasteiger partial charge in [0.25, 0.3) is 0 Å². The van der Waals surface area contributed by atoms with Crippen molar-refractivity contribution in [2.75, 3.05) is 13.7 Å². The third-order valence-electron chi connectivity index (χ3n) is 3.77. The third-order valence-corrected chi connectivity index (χ3v) is 3.77. The summed E-state index contributed by atoms with van der Waals surface area (Å²) in [4.78, 5) is 0. The predicted molar refractivity (Wildman–Crippen MR) is 84.3 cm³/mol. The quantitative estimate of drug-likeness (QED) is 0.782. The molecule has 0 amide bonds. The van der Waals surface area contributed by atoms with Crippen LogP contribution in [0.4, 0.5) is 0 Å². The largest absolute Gasteiger partial charge is 0.491 e. The van der Waals surface area contributed by atoms with Gasteiger partial charge in [0.1, 0.15) is 5.75 Å². The van der Waals surface area contributed by atoms with E-state index in [2.05, 4.69) is 38.2 Å². The zero-order chi connectivity index (χ0) is 15.2. The van der Waals surface area contributed by atoms with Crippen LogP contribution in [0.15, 0.2) is 24.3 Å². The van der Waals surface area contributed by atoms with Crippen LogP contribution < -0.4 is 10.1 Å². The van der Waals surface area contributed by atoms with Crippen molar-refractivity contribution in [3.05, 3.63) is 29.8 Å².